The van der Waals surface area contributed by atoms with Crippen LogP contribution in [0.5, 0.6) is 0 Å². The second-order valence-corrected chi connectivity index (χ2v) is 6.80. The van der Waals surface area contributed by atoms with Gasteiger partial charge in [0, 0.05) is 72.0 Å². The van der Waals surface area contributed by atoms with Gasteiger partial charge in [0.15, 0.2) is 0 Å². The first-order valence-electron chi connectivity index (χ1n) is 9.25. The molecule has 12 nitrogen and oxygen atoms in total. The quantitative estimate of drug-likeness (QED) is 0.345. The van der Waals surface area contributed by atoms with E-state index in [9.17, 15) is 34.5 Å². The van der Waals surface area contributed by atoms with Gasteiger partial charge in [0.2, 0.25) is 0 Å². The van der Waals surface area contributed by atoms with Crippen molar-refractivity contribution in [1.29, 1.82) is 0 Å². The molecule has 12 heteroatoms. The molecule has 0 bridgehead atoms. The van der Waals surface area contributed by atoms with E-state index in [0.29, 0.717) is 26.2 Å². The molecule has 29 heavy (non-hydrogen) atoms. The molecular formula is C17H27N4O8-3. The Morgan fingerprint density at radius 2 is 0.828 bits per heavy atom. The number of aliphatic carboxylic acids is 3. The zero-order valence-corrected chi connectivity index (χ0v) is 16.5. The Morgan fingerprint density at radius 1 is 0.586 bits per heavy atom. The Hall–Kier alpha value is -2.28. The third-order valence-electron chi connectivity index (χ3n) is 4.57. The minimum Gasteiger partial charge on any atom is -0.549 e. The summed E-state index contributed by atoms with van der Waals surface area (Å²) in [5.74, 6) is -4.26. The van der Waals surface area contributed by atoms with Crippen LogP contribution in [0.3, 0.4) is 0 Å². The molecule has 0 unspecified atom stereocenters. The van der Waals surface area contributed by atoms with Gasteiger partial charge in [-0.05, 0) is 0 Å². The summed E-state index contributed by atoms with van der Waals surface area (Å²) < 4.78 is 4.68. The van der Waals surface area contributed by atoms with Crippen LogP contribution in [-0.4, -0.2) is 129 Å². The van der Waals surface area contributed by atoms with Gasteiger partial charge in [0.1, 0.15) is 0 Å². The van der Waals surface area contributed by atoms with Crippen molar-refractivity contribution in [2.24, 2.45) is 0 Å². The Labute approximate surface area is 169 Å². The van der Waals surface area contributed by atoms with E-state index in [1.54, 1.807) is 19.6 Å². The number of methoxy groups -OCH3 is 1. The number of carboxylic acids is 3. The fraction of sp³-hybridized carbons (Fsp3) is 0.765. The minimum absolute atomic E-state index is 0.0222. The lowest BCUT2D eigenvalue weighted by Crippen LogP contribution is -2.51. The number of ether oxygens (including phenoxy) is 1. The summed E-state index contributed by atoms with van der Waals surface area (Å²) in [5, 5.41) is 33.0. The van der Waals surface area contributed by atoms with E-state index in [2.05, 4.69) is 4.74 Å². The summed E-state index contributed by atoms with van der Waals surface area (Å²) in [7, 11) is 1.26. The monoisotopic (exact) mass is 415 g/mol. The van der Waals surface area contributed by atoms with Crippen LogP contribution >= 0.6 is 0 Å². The fourth-order valence-electron chi connectivity index (χ4n) is 3.01. The van der Waals surface area contributed by atoms with Gasteiger partial charge in [-0.2, -0.15) is 0 Å². The van der Waals surface area contributed by atoms with E-state index in [0.717, 1.165) is 0 Å². The lowest BCUT2D eigenvalue weighted by molar-refractivity contribution is -0.308. The van der Waals surface area contributed by atoms with Crippen LogP contribution in [-0.2, 0) is 23.9 Å². The summed E-state index contributed by atoms with van der Waals surface area (Å²) in [4.78, 5) is 51.2. The van der Waals surface area contributed by atoms with Crippen molar-refractivity contribution in [3.63, 3.8) is 0 Å². The number of carboxylic acid groups (broad SMARTS) is 3. The molecule has 1 aliphatic rings. The zero-order chi connectivity index (χ0) is 21.8. The molecule has 0 aromatic rings. The number of rotatable bonds is 8. The largest absolute Gasteiger partial charge is 0.549 e. The number of carbonyl (C=O) groups excluding carboxylic acids is 4. The van der Waals surface area contributed by atoms with E-state index in [-0.39, 0.29) is 52.4 Å². The van der Waals surface area contributed by atoms with Crippen molar-refractivity contribution < 1.29 is 39.2 Å². The topological polar surface area (TPSA) is 160 Å². The van der Waals surface area contributed by atoms with Gasteiger partial charge >= 0.3 is 5.97 Å². The highest BCUT2D eigenvalue weighted by Gasteiger charge is 2.18. The van der Waals surface area contributed by atoms with E-state index in [1.807, 2.05) is 0 Å². The molecule has 0 spiro atoms. The molecule has 1 rings (SSSR count). The molecule has 0 aliphatic carbocycles. The van der Waals surface area contributed by atoms with Crippen LogP contribution in [0.1, 0.15) is 0 Å². The third kappa shape index (κ3) is 11.3. The maximum Gasteiger partial charge on any atom is 0.319 e. The van der Waals surface area contributed by atoms with Crippen LogP contribution in [0.4, 0.5) is 0 Å². The molecule has 1 saturated heterocycles. The molecule has 1 aliphatic heterocycles. The highest BCUT2D eigenvalue weighted by molar-refractivity contribution is 5.71. The van der Waals surface area contributed by atoms with Gasteiger partial charge in [-0.15, -0.1) is 0 Å². The number of nitrogens with zero attached hydrogens (tertiary/aromatic N) is 4. The van der Waals surface area contributed by atoms with Crippen molar-refractivity contribution in [2.45, 2.75) is 0 Å². The van der Waals surface area contributed by atoms with E-state index < -0.39 is 23.9 Å². The maximum atomic E-state index is 11.7. The molecule has 0 atom stereocenters. The first-order valence-corrected chi connectivity index (χ1v) is 9.25. The van der Waals surface area contributed by atoms with E-state index >= 15 is 0 Å². The van der Waals surface area contributed by atoms with E-state index in [1.165, 1.54) is 7.11 Å². The molecule has 166 valence electrons. The lowest BCUT2D eigenvalue weighted by Gasteiger charge is -2.34. The SMILES string of the molecule is COC(=O)CN1CCN(CC(=O)[O-])CCN(CC(=O)[O-])CCN(CC(=O)[O-])CC1. The number of carbonyl (C=O) groups is 4. The van der Waals surface area contributed by atoms with Crippen molar-refractivity contribution in [2.75, 3.05) is 85.6 Å². The van der Waals surface area contributed by atoms with Crippen LogP contribution in [0.2, 0.25) is 0 Å². The minimum atomic E-state index is -1.28. The van der Waals surface area contributed by atoms with Crippen molar-refractivity contribution in [3.8, 4) is 0 Å². The van der Waals surface area contributed by atoms with Gasteiger partial charge in [-0.25, -0.2) is 0 Å². The molecular weight excluding hydrogens is 388 g/mol. The molecule has 1 heterocycles. The van der Waals surface area contributed by atoms with Gasteiger partial charge < -0.3 is 34.4 Å². The predicted octanol–water partition coefficient (Wildman–Crippen LogP) is -6.37. The second kappa shape index (κ2) is 13.0. The summed E-state index contributed by atoms with van der Waals surface area (Å²) in [6.07, 6.45) is 0. The smallest absolute Gasteiger partial charge is 0.319 e. The maximum absolute atomic E-state index is 11.7. The average molecular weight is 415 g/mol. The summed E-state index contributed by atoms with van der Waals surface area (Å²) in [5.41, 5.74) is 0. The van der Waals surface area contributed by atoms with Crippen LogP contribution in [0, 0.1) is 0 Å². The van der Waals surface area contributed by atoms with Crippen molar-refractivity contribution in [1.82, 2.24) is 19.6 Å². The summed E-state index contributed by atoms with van der Waals surface area (Å²) in [6, 6.07) is 0. The Bertz CT molecular complexity index is 542. The molecule has 0 N–H and O–H groups in total. The Kier molecular flexibility index (Phi) is 11.1. The highest BCUT2D eigenvalue weighted by atomic mass is 16.5. The molecule has 1 fully saturated rings. The third-order valence-corrected chi connectivity index (χ3v) is 4.57. The first kappa shape index (κ1) is 24.8. The standard InChI is InChI=1S/C17H30N4O8/c1-29-17(28)13-21-8-6-19(11-15(24)25)4-2-18(10-14(22)23)3-5-20(7-9-21)12-16(26)27/h2-13H2,1H3,(H,22,23)(H,24,25)(H,26,27)/p-3. The summed E-state index contributed by atoms with van der Waals surface area (Å²) in [6.45, 7) is 1.23. The lowest BCUT2D eigenvalue weighted by atomic mass is 10.3. The van der Waals surface area contributed by atoms with Crippen LogP contribution in [0.15, 0.2) is 0 Å². The summed E-state index contributed by atoms with van der Waals surface area (Å²) >= 11 is 0. The van der Waals surface area contributed by atoms with Gasteiger partial charge in [-0.1, -0.05) is 0 Å². The normalized spacial score (nSPS) is 19.1. The van der Waals surface area contributed by atoms with Gasteiger partial charge in [0.05, 0.1) is 31.6 Å². The predicted molar refractivity (Wildman–Crippen MR) is 92.8 cm³/mol. The van der Waals surface area contributed by atoms with Crippen LogP contribution < -0.4 is 15.3 Å². The van der Waals surface area contributed by atoms with Gasteiger partial charge in [-0.3, -0.25) is 24.4 Å². The molecule has 0 saturated carbocycles. The van der Waals surface area contributed by atoms with Crippen molar-refractivity contribution in [3.05, 3.63) is 0 Å². The number of hydrogen-bond donors (Lipinski definition) is 0. The Morgan fingerprint density at radius 3 is 1.03 bits per heavy atom. The van der Waals surface area contributed by atoms with E-state index in [4.69, 9.17) is 0 Å². The second-order valence-electron chi connectivity index (χ2n) is 6.80. The zero-order valence-electron chi connectivity index (χ0n) is 16.5. The average Bonchev–Trinajstić information content (AvgIpc) is 2.62. The molecule has 0 radical (unpaired) electrons. The van der Waals surface area contributed by atoms with Crippen LogP contribution in [0.25, 0.3) is 0 Å². The first-order chi connectivity index (χ1) is 13.7. The molecule has 0 amide bonds. The number of hydrogen-bond acceptors (Lipinski definition) is 12. The fourth-order valence-corrected chi connectivity index (χ4v) is 3.01. The molecule has 0 aromatic heterocycles. The number of esters is 1. The van der Waals surface area contributed by atoms with Crippen molar-refractivity contribution >= 4 is 23.9 Å². The van der Waals surface area contributed by atoms with Gasteiger partial charge in [0.25, 0.3) is 0 Å². The molecule has 0 aromatic carbocycles. The highest BCUT2D eigenvalue weighted by Crippen LogP contribution is 2.01. The Balaban J connectivity index is 2.92.